The van der Waals surface area contributed by atoms with Crippen LogP contribution >= 0.6 is 0 Å². The molecule has 0 bridgehead atoms. The lowest BCUT2D eigenvalue weighted by molar-refractivity contribution is 0.452. The van der Waals surface area contributed by atoms with Crippen molar-refractivity contribution in [3.63, 3.8) is 0 Å². The molecule has 2 rings (SSSR count). The van der Waals surface area contributed by atoms with E-state index in [0.29, 0.717) is 6.04 Å². The van der Waals surface area contributed by atoms with Crippen LogP contribution in [0, 0.1) is 0 Å². The molecule has 1 atom stereocenters. The Bertz CT molecular complexity index is 544. The van der Waals surface area contributed by atoms with E-state index in [1.54, 1.807) is 0 Å². The van der Waals surface area contributed by atoms with E-state index in [2.05, 4.69) is 43.4 Å². The van der Waals surface area contributed by atoms with Crippen LogP contribution in [-0.2, 0) is 13.5 Å². The minimum absolute atomic E-state index is 0.551. The van der Waals surface area contributed by atoms with Crippen LogP contribution in [0.25, 0.3) is 10.9 Å². The first kappa shape index (κ1) is 16.0. The lowest BCUT2D eigenvalue weighted by atomic mass is 10.0. The third kappa shape index (κ3) is 4.31. The second-order valence-electron chi connectivity index (χ2n) is 5.94. The van der Waals surface area contributed by atoms with E-state index in [1.165, 1.54) is 48.7 Å². The van der Waals surface area contributed by atoms with Gasteiger partial charge in [0.05, 0.1) is 11.2 Å². The van der Waals surface area contributed by atoms with Crippen LogP contribution in [-0.4, -0.2) is 22.4 Å². The van der Waals surface area contributed by atoms with Gasteiger partial charge < -0.3 is 5.32 Å². The smallest absolute Gasteiger partial charge is 0.0718 e. The minimum atomic E-state index is 0.551. The van der Waals surface area contributed by atoms with Crippen molar-refractivity contribution in [2.45, 2.75) is 58.4 Å². The summed E-state index contributed by atoms with van der Waals surface area (Å²) in [4.78, 5) is 0. The van der Waals surface area contributed by atoms with Crippen molar-refractivity contribution in [1.29, 1.82) is 0 Å². The largest absolute Gasteiger partial charge is 0.314 e. The number of para-hydroxylation sites is 1. The maximum absolute atomic E-state index is 4.74. The first-order valence-corrected chi connectivity index (χ1v) is 8.40. The molecule has 0 radical (unpaired) electrons. The van der Waals surface area contributed by atoms with Gasteiger partial charge in [-0.15, -0.1) is 0 Å². The molecule has 0 aliphatic carbocycles. The van der Waals surface area contributed by atoms with Crippen LogP contribution in [0.3, 0.4) is 0 Å². The zero-order chi connectivity index (χ0) is 15.1. The van der Waals surface area contributed by atoms with Gasteiger partial charge in [-0.2, -0.15) is 5.10 Å². The highest BCUT2D eigenvalue weighted by molar-refractivity contribution is 5.81. The number of unbranched alkanes of at least 4 members (excludes halogenated alkanes) is 2. The van der Waals surface area contributed by atoms with Gasteiger partial charge in [-0.25, -0.2) is 0 Å². The molecule has 2 aromatic rings. The molecule has 3 nitrogen and oxygen atoms in total. The fourth-order valence-corrected chi connectivity index (χ4v) is 2.94. The molecule has 0 aliphatic heterocycles. The molecule has 0 spiro atoms. The van der Waals surface area contributed by atoms with Crippen LogP contribution in [0.15, 0.2) is 24.3 Å². The molecular weight excluding hydrogens is 258 g/mol. The Morgan fingerprint density at radius 3 is 2.71 bits per heavy atom. The Morgan fingerprint density at radius 2 is 1.95 bits per heavy atom. The quantitative estimate of drug-likeness (QED) is 0.705. The third-order valence-electron chi connectivity index (χ3n) is 4.11. The van der Waals surface area contributed by atoms with E-state index >= 15 is 0 Å². The second-order valence-corrected chi connectivity index (χ2v) is 5.94. The molecule has 1 N–H and O–H groups in total. The second kappa shape index (κ2) is 8.18. The summed E-state index contributed by atoms with van der Waals surface area (Å²) in [7, 11) is 2.04. The molecule has 116 valence electrons. The zero-order valence-electron chi connectivity index (χ0n) is 13.7. The molecule has 0 aliphatic rings. The number of fused-ring (bicyclic) bond motifs is 1. The normalized spacial score (nSPS) is 12.9. The van der Waals surface area contributed by atoms with Gasteiger partial charge in [0.2, 0.25) is 0 Å². The van der Waals surface area contributed by atoms with Gasteiger partial charge in [-0.05, 0) is 25.5 Å². The van der Waals surface area contributed by atoms with Crippen LogP contribution in [0.5, 0.6) is 0 Å². The zero-order valence-corrected chi connectivity index (χ0v) is 13.7. The Hall–Kier alpha value is -1.35. The number of aromatic nitrogens is 2. The van der Waals surface area contributed by atoms with Crippen molar-refractivity contribution in [3.05, 3.63) is 30.0 Å². The molecule has 21 heavy (non-hydrogen) atoms. The molecule has 1 aromatic heterocycles. The highest BCUT2D eigenvalue weighted by Crippen LogP contribution is 2.20. The fraction of sp³-hybridized carbons (Fsp3) is 0.611. The van der Waals surface area contributed by atoms with Crippen molar-refractivity contribution in [1.82, 2.24) is 15.1 Å². The van der Waals surface area contributed by atoms with Gasteiger partial charge in [0.1, 0.15) is 0 Å². The summed E-state index contributed by atoms with van der Waals surface area (Å²) in [6.07, 6.45) is 7.39. The lowest BCUT2D eigenvalue weighted by Crippen LogP contribution is -2.32. The van der Waals surface area contributed by atoms with Crippen molar-refractivity contribution in [2.24, 2.45) is 7.05 Å². The van der Waals surface area contributed by atoms with Gasteiger partial charge in [0, 0.05) is 24.9 Å². The molecule has 0 saturated carbocycles. The number of benzene rings is 1. The highest BCUT2D eigenvalue weighted by Gasteiger charge is 2.14. The third-order valence-corrected chi connectivity index (χ3v) is 4.11. The van der Waals surface area contributed by atoms with E-state index in [4.69, 9.17) is 5.10 Å². The molecule has 0 amide bonds. The van der Waals surface area contributed by atoms with Gasteiger partial charge in [0.25, 0.3) is 0 Å². The lowest BCUT2D eigenvalue weighted by Gasteiger charge is -2.17. The first-order valence-electron chi connectivity index (χ1n) is 8.40. The van der Waals surface area contributed by atoms with Gasteiger partial charge in [-0.3, -0.25) is 4.68 Å². The number of aryl methyl sites for hydroxylation is 1. The number of nitrogens with zero attached hydrogens (tertiary/aromatic N) is 2. The summed E-state index contributed by atoms with van der Waals surface area (Å²) >= 11 is 0. The molecule has 1 unspecified atom stereocenters. The Balaban J connectivity index is 2.09. The van der Waals surface area contributed by atoms with Gasteiger partial charge >= 0.3 is 0 Å². The maximum Gasteiger partial charge on any atom is 0.0718 e. The average Bonchev–Trinajstić information content (AvgIpc) is 2.82. The van der Waals surface area contributed by atoms with E-state index < -0.39 is 0 Å². The molecule has 0 saturated heterocycles. The topological polar surface area (TPSA) is 29.9 Å². The predicted octanol–water partition coefficient (Wildman–Crippen LogP) is 4.06. The van der Waals surface area contributed by atoms with E-state index in [0.717, 1.165) is 13.0 Å². The highest BCUT2D eigenvalue weighted by atomic mass is 15.3. The molecule has 3 heteroatoms. The minimum Gasteiger partial charge on any atom is -0.314 e. The first-order chi connectivity index (χ1) is 10.3. The monoisotopic (exact) mass is 287 g/mol. The molecular formula is C18H29N3. The predicted molar refractivity (Wildman–Crippen MR) is 90.6 cm³/mol. The molecule has 1 heterocycles. The standard InChI is InChI=1S/C18H29N3/c1-4-6-7-10-15(19-13-5-2)14-17-16-11-8-9-12-18(16)21(3)20-17/h8-9,11-12,15,19H,4-7,10,13-14H2,1-3H3. The van der Waals surface area contributed by atoms with E-state index in [1.807, 2.05) is 11.7 Å². The summed E-state index contributed by atoms with van der Waals surface area (Å²) in [5.74, 6) is 0. The Morgan fingerprint density at radius 1 is 1.14 bits per heavy atom. The number of hydrogen-bond donors (Lipinski definition) is 1. The number of nitrogens with one attached hydrogen (secondary N) is 1. The maximum atomic E-state index is 4.74. The van der Waals surface area contributed by atoms with E-state index in [9.17, 15) is 0 Å². The van der Waals surface area contributed by atoms with Crippen molar-refractivity contribution < 1.29 is 0 Å². The van der Waals surface area contributed by atoms with E-state index in [-0.39, 0.29) is 0 Å². The molecule has 1 aromatic carbocycles. The Kier molecular flexibility index (Phi) is 6.24. The van der Waals surface area contributed by atoms with Crippen molar-refractivity contribution in [3.8, 4) is 0 Å². The van der Waals surface area contributed by atoms with Crippen LogP contribution in [0.4, 0.5) is 0 Å². The fourth-order valence-electron chi connectivity index (χ4n) is 2.94. The van der Waals surface area contributed by atoms with Crippen LogP contribution in [0.2, 0.25) is 0 Å². The average molecular weight is 287 g/mol. The van der Waals surface area contributed by atoms with Crippen molar-refractivity contribution in [2.75, 3.05) is 6.54 Å². The summed E-state index contributed by atoms with van der Waals surface area (Å²) in [5, 5.41) is 9.75. The molecule has 0 fully saturated rings. The van der Waals surface area contributed by atoms with Crippen LogP contribution < -0.4 is 5.32 Å². The van der Waals surface area contributed by atoms with Crippen molar-refractivity contribution >= 4 is 10.9 Å². The SMILES string of the molecule is CCCCCC(Cc1nn(C)c2ccccc12)NCCC. The Labute approximate surface area is 128 Å². The summed E-state index contributed by atoms with van der Waals surface area (Å²) in [6, 6.07) is 9.09. The summed E-state index contributed by atoms with van der Waals surface area (Å²) in [5.41, 5.74) is 2.47. The summed E-state index contributed by atoms with van der Waals surface area (Å²) < 4.78 is 2.01. The van der Waals surface area contributed by atoms with Gasteiger partial charge in [-0.1, -0.05) is 51.3 Å². The number of rotatable bonds is 9. The summed E-state index contributed by atoms with van der Waals surface area (Å²) in [6.45, 7) is 5.59. The van der Waals surface area contributed by atoms with Gasteiger partial charge in [0.15, 0.2) is 0 Å². The number of hydrogen-bond acceptors (Lipinski definition) is 2. The van der Waals surface area contributed by atoms with Crippen LogP contribution in [0.1, 0.15) is 51.6 Å².